The van der Waals surface area contributed by atoms with E-state index < -0.39 is 24.4 Å². The standard InChI is InChI=1S/C20H17BrN2O6/c1-2-28-16-9-12(15(21)10-17(16)29-11-18(24)25)8-14-19(26)22-23(20(14)27)13-6-4-3-5-7-13/h3-10H,2,11H2,1H3,(H,22,26)(H,24,25). The second kappa shape index (κ2) is 8.78. The lowest BCUT2D eigenvalue weighted by Crippen LogP contribution is -2.35. The number of carboxylic acid groups (broad SMARTS) is 1. The van der Waals surface area contributed by atoms with Crippen molar-refractivity contribution < 1.29 is 29.0 Å². The van der Waals surface area contributed by atoms with Crippen molar-refractivity contribution in [1.29, 1.82) is 0 Å². The SMILES string of the molecule is CCOc1cc(C=C2C(=O)NN(c3ccccc3)C2=O)c(Br)cc1OCC(=O)O. The summed E-state index contributed by atoms with van der Waals surface area (Å²) in [5.41, 5.74) is 3.54. The maximum atomic E-state index is 12.7. The zero-order valence-electron chi connectivity index (χ0n) is 15.3. The summed E-state index contributed by atoms with van der Waals surface area (Å²) >= 11 is 3.36. The van der Waals surface area contributed by atoms with Gasteiger partial charge in [-0.2, -0.15) is 0 Å². The van der Waals surface area contributed by atoms with E-state index in [1.165, 1.54) is 17.2 Å². The number of anilines is 1. The molecule has 1 aliphatic rings. The Bertz CT molecular complexity index is 990. The van der Waals surface area contributed by atoms with E-state index in [1.807, 2.05) is 6.07 Å². The lowest BCUT2D eigenvalue weighted by Gasteiger charge is -2.14. The van der Waals surface area contributed by atoms with Crippen LogP contribution >= 0.6 is 15.9 Å². The fraction of sp³-hybridized carbons (Fsp3) is 0.150. The number of rotatable bonds is 7. The Morgan fingerprint density at radius 3 is 2.52 bits per heavy atom. The number of carbonyl (C=O) groups excluding carboxylic acids is 2. The molecule has 2 N–H and O–H groups in total. The molecule has 1 fully saturated rings. The highest BCUT2D eigenvalue weighted by molar-refractivity contribution is 9.10. The Morgan fingerprint density at radius 1 is 1.17 bits per heavy atom. The number of ether oxygens (including phenoxy) is 2. The Kier molecular flexibility index (Phi) is 6.18. The molecule has 0 saturated carbocycles. The first-order valence-corrected chi connectivity index (χ1v) is 9.43. The molecule has 0 aliphatic carbocycles. The van der Waals surface area contributed by atoms with E-state index in [-0.39, 0.29) is 11.3 Å². The van der Waals surface area contributed by atoms with Crippen LogP contribution in [0.3, 0.4) is 0 Å². The molecule has 0 aromatic heterocycles. The van der Waals surface area contributed by atoms with Gasteiger partial charge in [0.05, 0.1) is 12.3 Å². The van der Waals surface area contributed by atoms with Gasteiger partial charge in [0.1, 0.15) is 5.57 Å². The molecule has 8 nitrogen and oxygen atoms in total. The molecular formula is C20H17BrN2O6. The fourth-order valence-electron chi connectivity index (χ4n) is 2.65. The lowest BCUT2D eigenvalue weighted by atomic mass is 10.1. The van der Waals surface area contributed by atoms with Gasteiger partial charge in [0.15, 0.2) is 18.1 Å². The summed E-state index contributed by atoms with van der Waals surface area (Å²) < 4.78 is 11.3. The van der Waals surface area contributed by atoms with Gasteiger partial charge in [-0.05, 0) is 42.8 Å². The summed E-state index contributed by atoms with van der Waals surface area (Å²) in [6.45, 7) is 1.56. The van der Waals surface area contributed by atoms with Crippen LogP contribution in [0.15, 0.2) is 52.5 Å². The highest BCUT2D eigenvalue weighted by Gasteiger charge is 2.34. The van der Waals surface area contributed by atoms with Crippen molar-refractivity contribution in [3.63, 3.8) is 0 Å². The average Bonchev–Trinajstić information content (AvgIpc) is 2.98. The Morgan fingerprint density at radius 2 is 1.86 bits per heavy atom. The summed E-state index contributed by atoms with van der Waals surface area (Å²) in [5, 5.41) is 9.99. The number of hydrazine groups is 1. The second-order valence-corrected chi connectivity index (χ2v) is 6.77. The van der Waals surface area contributed by atoms with Gasteiger partial charge in [0.2, 0.25) is 0 Å². The van der Waals surface area contributed by atoms with Crippen LogP contribution in [0.2, 0.25) is 0 Å². The minimum absolute atomic E-state index is 0.0452. The van der Waals surface area contributed by atoms with E-state index in [4.69, 9.17) is 14.6 Å². The van der Waals surface area contributed by atoms with Crippen molar-refractivity contribution in [2.24, 2.45) is 0 Å². The molecule has 0 unspecified atom stereocenters. The number of carbonyl (C=O) groups is 3. The van der Waals surface area contributed by atoms with Crippen LogP contribution in [0.4, 0.5) is 5.69 Å². The summed E-state index contributed by atoms with van der Waals surface area (Å²) in [6, 6.07) is 11.9. The number of nitrogens with one attached hydrogen (secondary N) is 1. The van der Waals surface area contributed by atoms with E-state index in [9.17, 15) is 14.4 Å². The van der Waals surface area contributed by atoms with Gasteiger partial charge in [-0.25, -0.2) is 9.80 Å². The Balaban J connectivity index is 1.94. The zero-order valence-corrected chi connectivity index (χ0v) is 16.9. The van der Waals surface area contributed by atoms with E-state index in [1.54, 1.807) is 37.3 Å². The van der Waals surface area contributed by atoms with Crippen LogP contribution in [-0.2, 0) is 14.4 Å². The van der Waals surface area contributed by atoms with Crippen LogP contribution in [0.5, 0.6) is 11.5 Å². The van der Waals surface area contributed by atoms with Gasteiger partial charge in [-0.1, -0.05) is 34.1 Å². The van der Waals surface area contributed by atoms with E-state index >= 15 is 0 Å². The predicted octanol–water partition coefficient (Wildman–Crippen LogP) is 2.77. The molecule has 1 heterocycles. The van der Waals surface area contributed by atoms with Gasteiger partial charge >= 0.3 is 5.97 Å². The number of benzene rings is 2. The van der Waals surface area contributed by atoms with Crippen LogP contribution < -0.4 is 19.9 Å². The highest BCUT2D eigenvalue weighted by Crippen LogP contribution is 2.35. The molecular weight excluding hydrogens is 444 g/mol. The number of amides is 2. The monoisotopic (exact) mass is 460 g/mol. The summed E-state index contributed by atoms with van der Waals surface area (Å²) in [5.74, 6) is -1.61. The van der Waals surface area contributed by atoms with Crippen LogP contribution in [-0.4, -0.2) is 36.1 Å². The third-order valence-corrected chi connectivity index (χ3v) is 4.61. The topological polar surface area (TPSA) is 105 Å². The average molecular weight is 461 g/mol. The minimum atomic E-state index is -1.12. The third kappa shape index (κ3) is 4.57. The summed E-state index contributed by atoms with van der Waals surface area (Å²) in [4.78, 5) is 35.9. The molecule has 2 amide bonds. The van der Waals surface area contributed by atoms with Gasteiger partial charge in [-0.3, -0.25) is 15.0 Å². The first-order valence-electron chi connectivity index (χ1n) is 8.63. The van der Waals surface area contributed by atoms with Gasteiger partial charge < -0.3 is 14.6 Å². The van der Waals surface area contributed by atoms with Gasteiger partial charge in [-0.15, -0.1) is 0 Å². The van der Waals surface area contributed by atoms with Crippen molar-refractivity contribution in [3.05, 3.63) is 58.1 Å². The molecule has 150 valence electrons. The number of nitrogens with zero attached hydrogens (tertiary/aromatic N) is 1. The molecule has 2 aromatic rings. The predicted molar refractivity (Wildman–Crippen MR) is 108 cm³/mol. The number of hydrogen-bond acceptors (Lipinski definition) is 5. The van der Waals surface area contributed by atoms with Gasteiger partial charge in [0.25, 0.3) is 11.8 Å². The maximum absolute atomic E-state index is 12.7. The highest BCUT2D eigenvalue weighted by atomic mass is 79.9. The summed E-state index contributed by atoms with van der Waals surface area (Å²) in [7, 11) is 0. The van der Waals surface area contributed by atoms with Crippen molar-refractivity contribution in [2.45, 2.75) is 6.92 Å². The largest absolute Gasteiger partial charge is 0.490 e. The second-order valence-electron chi connectivity index (χ2n) is 5.91. The van der Waals surface area contributed by atoms with Crippen molar-refractivity contribution in [2.75, 3.05) is 18.2 Å². The number of halogens is 1. The smallest absolute Gasteiger partial charge is 0.341 e. The van der Waals surface area contributed by atoms with Crippen LogP contribution in [0.25, 0.3) is 6.08 Å². The molecule has 2 aromatic carbocycles. The molecule has 0 atom stereocenters. The summed E-state index contributed by atoms with van der Waals surface area (Å²) in [6.07, 6.45) is 1.44. The normalized spacial score (nSPS) is 14.8. The molecule has 1 aliphatic heterocycles. The van der Waals surface area contributed by atoms with Gasteiger partial charge in [0, 0.05) is 4.47 Å². The minimum Gasteiger partial charge on any atom is -0.490 e. The van der Waals surface area contributed by atoms with Crippen molar-refractivity contribution >= 4 is 45.5 Å². The first kappa shape index (κ1) is 20.4. The number of aliphatic carboxylic acids is 1. The lowest BCUT2D eigenvalue weighted by molar-refractivity contribution is -0.139. The first-order chi connectivity index (χ1) is 13.9. The zero-order chi connectivity index (χ0) is 21.0. The molecule has 3 rings (SSSR count). The van der Waals surface area contributed by atoms with Crippen molar-refractivity contribution in [3.8, 4) is 11.5 Å². The molecule has 1 saturated heterocycles. The number of carboxylic acids is 1. The van der Waals surface area contributed by atoms with Crippen molar-refractivity contribution in [1.82, 2.24) is 5.43 Å². The van der Waals surface area contributed by atoms with Crippen LogP contribution in [0.1, 0.15) is 12.5 Å². The molecule has 0 radical (unpaired) electrons. The van der Waals surface area contributed by atoms with E-state index in [2.05, 4.69) is 21.4 Å². The molecule has 0 bridgehead atoms. The third-order valence-electron chi connectivity index (χ3n) is 3.92. The fourth-order valence-corrected chi connectivity index (χ4v) is 3.09. The molecule has 0 spiro atoms. The number of hydrogen-bond donors (Lipinski definition) is 2. The quantitative estimate of drug-likeness (QED) is 0.486. The molecule has 29 heavy (non-hydrogen) atoms. The number of para-hydroxylation sites is 1. The maximum Gasteiger partial charge on any atom is 0.341 e. The Hall–Kier alpha value is -3.33. The van der Waals surface area contributed by atoms with E-state index in [0.29, 0.717) is 28.1 Å². The Labute approximate surface area is 174 Å². The van der Waals surface area contributed by atoms with E-state index in [0.717, 1.165) is 0 Å². The van der Waals surface area contributed by atoms with Crippen LogP contribution in [0, 0.1) is 0 Å². The molecule has 9 heteroatoms.